The maximum Gasteiger partial charge on any atom is 0.360 e. The number of ether oxygens (including phenoxy) is 2. The number of anilines is 1. The Morgan fingerprint density at radius 2 is 2.59 bits per heavy atom. The van der Waals surface area contributed by atoms with Gasteiger partial charge in [0.15, 0.2) is 5.69 Å². The molecule has 1 aliphatic rings. The highest BCUT2D eigenvalue weighted by Crippen LogP contribution is 2.18. The van der Waals surface area contributed by atoms with E-state index in [1.807, 2.05) is 0 Å². The summed E-state index contributed by atoms with van der Waals surface area (Å²) < 4.78 is 11.9. The summed E-state index contributed by atoms with van der Waals surface area (Å²) in [5.41, 5.74) is 6.00. The van der Waals surface area contributed by atoms with E-state index in [0.29, 0.717) is 18.5 Å². The Morgan fingerprint density at radius 3 is 3.24 bits per heavy atom. The number of hydrogen-bond donors (Lipinski definition) is 1. The highest BCUT2D eigenvalue weighted by atomic mass is 16.5. The van der Waals surface area contributed by atoms with Crippen molar-refractivity contribution in [1.82, 2.24) is 9.55 Å². The Balaban J connectivity index is 1.96. The van der Waals surface area contributed by atoms with Crippen molar-refractivity contribution in [2.75, 3.05) is 19.5 Å². The summed E-state index contributed by atoms with van der Waals surface area (Å²) in [7, 11) is 1.31. The van der Waals surface area contributed by atoms with Crippen LogP contribution in [0.3, 0.4) is 0 Å². The van der Waals surface area contributed by atoms with Crippen LogP contribution in [0.1, 0.15) is 29.8 Å². The van der Waals surface area contributed by atoms with Crippen molar-refractivity contribution < 1.29 is 14.3 Å². The number of methoxy groups -OCH3 is 1. The Bertz CT molecular complexity index is 397. The summed E-state index contributed by atoms with van der Waals surface area (Å²) in [5, 5.41) is 0. The van der Waals surface area contributed by atoms with Gasteiger partial charge in [0.05, 0.1) is 19.5 Å². The van der Waals surface area contributed by atoms with Crippen LogP contribution in [0.2, 0.25) is 0 Å². The molecule has 94 valence electrons. The van der Waals surface area contributed by atoms with Gasteiger partial charge in [-0.2, -0.15) is 0 Å². The zero-order valence-electron chi connectivity index (χ0n) is 9.89. The molecule has 6 heteroatoms. The van der Waals surface area contributed by atoms with Crippen LogP contribution < -0.4 is 5.73 Å². The standard InChI is InChI=1S/C11H17N3O3/c1-16-11(15)9-10(12)14(7-13-9)5-4-8-3-2-6-17-8/h7-8H,2-6,12H2,1H3. The first-order valence-corrected chi connectivity index (χ1v) is 5.73. The minimum Gasteiger partial charge on any atom is -0.464 e. The lowest BCUT2D eigenvalue weighted by atomic mass is 10.2. The van der Waals surface area contributed by atoms with E-state index in [1.165, 1.54) is 7.11 Å². The van der Waals surface area contributed by atoms with Gasteiger partial charge in [-0.3, -0.25) is 0 Å². The van der Waals surface area contributed by atoms with E-state index in [4.69, 9.17) is 10.5 Å². The molecule has 0 saturated carbocycles. The van der Waals surface area contributed by atoms with Crippen LogP contribution in [0.25, 0.3) is 0 Å². The zero-order valence-corrected chi connectivity index (χ0v) is 9.89. The molecule has 1 unspecified atom stereocenters. The highest BCUT2D eigenvalue weighted by molar-refractivity contribution is 5.91. The van der Waals surface area contributed by atoms with Gasteiger partial charge in [0, 0.05) is 13.2 Å². The summed E-state index contributed by atoms with van der Waals surface area (Å²) in [6.07, 6.45) is 4.98. The van der Waals surface area contributed by atoms with Crippen molar-refractivity contribution in [1.29, 1.82) is 0 Å². The van der Waals surface area contributed by atoms with Crippen molar-refractivity contribution >= 4 is 11.8 Å². The van der Waals surface area contributed by atoms with Gasteiger partial charge in [0.1, 0.15) is 5.82 Å². The summed E-state index contributed by atoms with van der Waals surface area (Å²) >= 11 is 0. The third-order valence-corrected chi connectivity index (χ3v) is 2.97. The topological polar surface area (TPSA) is 79.4 Å². The fourth-order valence-corrected chi connectivity index (χ4v) is 1.98. The number of esters is 1. The van der Waals surface area contributed by atoms with Crippen LogP contribution in [0.4, 0.5) is 5.82 Å². The van der Waals surface area contributed by atoms with Gasteiger partial charge in [-0.1, -0.05) is 0 Å². The van der Waals surface area contributed by atoms with Gasteiger partial charge in [0.2, 0.25) is 0 Å². The van der Waals surface area contributed by atoms with Gasteiger partial charge in [-0.05, 0) is 19.3 Å². The fraction of sp³-hybridized carbons (Fsp3) is 0.636. The molecular formula is C11H17N3O3. The minimum atomic E-state index is -0.502. The number of carbonyl (C=O) groups is 1. The van der Waals surface area contributed by atoms with Crippen LogP contribution >= 0.6 is 0 Å². The number of imidazole rings is 1. The van der Waals surface area contributed by atoms with E-state index >= 15 is 0 Å². The average Bonchev–Trinajstić information content (AvgIpc) is 2.95. The molecule has 0 radical (unpaired) electrons. The van der Waals surface area contributed by atoms with E-state index < -0.39 is 5.97 Å². The molecule has 2 heterocycles. The molecule has 2 rings (SSSR count). The Morgan fingerprint density at radius 1 is 1.76 bits per heavy atom. The first kappa shape index (κ1) is 11.9. The average molecular weight is 239 g/mol. The minimum absolute atomic E-state index is 0.180. The molecule has 1 atom stereocenters. The lowest BCUT2D eigenvalue weighted by molar-refractivity contribution is 0.0596. The van der Waals surface area contributed by atoms with Gasteiger partial charge >= 0.3 is 5.97 Å². The molecule has 1 saturated heterocycles. The zero-order chi connectivity index (χ0) is 12.3. The van der Waals surface area contributed by atoms with Gasteiger partial charge in [0.25, 0.3) is 0 Å². The molecule has 1 aliphatic heterocycles. The molecule has 0 aromatic carbocycles. The molecular weight excluding hydrogens is 222 g/mol. The number of nitrogens with two attached hydrogens (primary N) is 1. The maximum atomic E-state index is 11.3. The first-order valence-electron chi connectivity index (χ1n) is 5.73. The molecule has 0 bridgehead atoms. The van der Waals surface area contributed by atoms with Crippen molar-refractivity contribution in [3.8, 4) is 0 Å². The maximum absolute atomic E-state index is 11.3. The molecule has 0 amide bonds. The van der Waals surface area contributed by atoms with E-state index in [2.05, 4.69) is 9.72 Å². The van der Waals surface area contributed by atoms with Crippen LogP contribution in [0.15, 0.2) is 6.33 Å². The molecule has 1 aromatic heterocycles. The van der Waals surface area contributed by atoms with Gasteiger partial charge in [-0.15, -0.1) is 0 Å². The summed E-state index contributed by atoms with van der Waals surface area (Å²) in [5.74, 6) is -0.145. The second-order valence-corrected chi connectivity index (χ2v) is 4.09. The second kappa shape index (κ2) is 5.18. The molecule has 2 N–H and O–H groups in total. The van der Waals surface area contributed by atoms with Crippen molar-refractivity contribution in [2.45, 2.75) is 31.9 Å². The molecule has 1 aromatic rings. The lowest BCUT2D eigenvalue weighted by Crippen LogP contribution is -2.12. The summed E-state index contributed by atoms with van der Waals surface area (Å²) in [6, 6.07) is 0. The summed E-state index contributed by atoms with van der Waals surface area (Å²) in [4.78, 5) is 15.3. The van der Waals surface area contributed by atoms with Crippen LogP contribution in [0.5, 0.6) is 0 Å². The Hall–Kier alpha value is -1.56. The normalized spacial score (nSPS) is 19.5. The smallest absolute Gasteiger partial charge is 0.360 e. The van der Waals surface area contributed by atoms with Crippen molar-refractivity contribution in [3.05, 3.63) is 12.0 Å². The highest BCUT2D eigenvalue weighted by Gasteiger charge is 2.18. The number of aromatic nitrogens is 2. The van der Waals surface area contributed by atoms with Crippen molar-refractivity contribution in [3.63, 3.8) is 0 Å². The van der Waals surface area contributed by atoms with E-state index in [1.54, 1.807) is 10.9 Å². The fourth-order valence-electron chi connectivity index (χ4n) is 1.98. The monoisotopic (exact) mass is 239 g/mol. The van der Waals surface area contributed by atoms with Crippen LogP contribution in [-0.2, 0) is 16.0 Å². The number of rotatable bonds is 4. The van der Waals surface area contributed by atoms with E-state index in [-0.39, 0.29) is 5.69 Å². The van der Waals surface area contributed by atoms with E-state index in [0.717, 1.165) is 25.9 Å². The molecule has 17 heavy (non-hydrogen) atoms. The number of hydrogen-bond acceptors (Lipinski definition) is 5. The predicted molar refractivity (Wildman–Crippen MR) is 61.6 cm³/mol. The molecule has 0 spiro atoms. The Labute approximate surface area is 99.7 Å². The first-order chi connectivity index (χ1) is 8.22. The van der Waals surface area contributed by atoms with Crippen LogP contribution in [-0.4, -0.2) is 35.3 Å². The van der Waals surface area contributed by atoms with Crippen LogP contribution in [0, 0.1) is 0 Å². The number of nitrogens with zero attached hydrogens (tertiary/aromatic N) is 2. The third kappa shape index (κ3) is 2.58. The number of carbonyl (C=O) groups excluding carboxylic acids is 1. The molecule has 1 fully saturated rings. The molecule has 0 aliphatic carbocycles. The third-order valence-electron chi connectivity index (χ3n) is 2.97. The van der Waals surface area contributed by atoms with E-state index in [9.17, 15) is 4.79 Å². The number of aryl methyl sites for hydroxylation is 1. The largest absolute Gasteiger partial charge is 0.464 e. The van der Waals surface area contributed by atoms with Gasteiger partial charge in [-0.25, -0.2) is 9.78 Å². The second-order valence-electron chi connectivity index (χ2n) is 4.09. The quantitative estimate of drug-likeness (QED) is 0.787. The predicted octanol–water partition coefficient (Wildman–Crippen LogP) is 0.821. The summed E-state index contributed by atoms with van der Waals surface area (Å²) in [6.45, 7) is 1.55. The number of nitrogen functional groups attached to an aromatic ring is 1. The van der Waals surface area contributed by atoms with Crippen molar-refractivity contribution in [2.24, 2.45) is 0 Å². The Kier molecular flexibility index (Phi) is 3.63. The SMILES string of the molecule is COC(=O)c1ncn(CCC2CCCO2)c1N. The molecule has 6 nitrogen and oxygen atoms in total. The lowest BCUT2D eigenvalue weighted by Gasteiger charge is -2.10. The van der Waals surface area contributed by atoms with Gasteiger partial charge < -0.3 is 19.8 Å².